The summed E-state index contributed by atoms with van der Waals surface area (Å²) in [6, 6.07) is 4.47. The number of hydrogen-bond donors (Lipinski definition) is 1. The van der Waals surface area contributed by atoms with Gasteiger partial charge in [-0.15, -0.1) is 11.3 Å². The van der Waals surface area contributed by atoms with Gasteiger partial charge in [-0.25, -0.2) is 18.4 Å². The Morgan fingerprint density at radius 1 is 1.30 bits per heavy atom. The summed E-state index contributed by atoms with van der Waals surface area (Å²) in [6.07, 6.45) is 1.97. The Morgan fingerprint density at radius 2 is 2.09 bits per heavy atom. The number of fused-ring (bicyclic) bond motifs is 1. The number of thiophene rings is 1. The topological polar surface area (TPSA) is 64.0 Å². The van der Waals surface area contributed by atoms with Crippen molar-refractivity contribution in [2.45, 2.75) is 13.3 Å². The minimum absolute atomic E-state index is 0.101. The van der Waals surface area contributed by atoms with Gasteiger partial charge in [-0.3, -0.25) is 15.0 Å². The lowest BCUT2D eigenvalue weighted by atomic mass is 10.2. The predicted octanol–water partition coefficient (Wildman–Crippen LogP) is 2.68. The van der Waals surface area contributed by atoms with Gasteiger partial charge in [0.1, 0.15) is 11.2 Å². The monoisotopic (exact) mass is 335 g/mol. The number of amides is 1. The molecule has 0 unspecified atom stereocenters. The Labute approximate surface area is 133 Å². The van der Waals surface area contributed by atoms with Gasteiger partial charge in [-0.1, -0.05) is 6.92 Å². The third-order valence-electron chi connectivity index (χ3n) is 3.26. The van der Waals surface area contributed by atoms with Crippen molar-refractivity contribution in [1.82, 2.24) is 9.66 Å². The van der Waals surface area contributed by atoms with Crippen LogP contribution in [0, 0.1) is 11.6 Å². The fraction of sp³-hybridized carbons (Fsp3) is 0.133. The van der Waals surface area contributed by atoms with E-state index in [1.54, 1.807) is 6.07 Å². The van der Waals surface area contributed by atoms with E-state index in [0.717, 1.165) is 34.2 Å². The van der Waals surface area contributed by atoms with Crippen molar-refractivity contribution in [2.24, 2.45) is 0 Å². The van der Waals surface area contributed by atoms with E-state index in [9.17, 15) is 18.4 Å². The second-order valence-corrected chi connectivity index (χ2v) is 5.89. The Balaban J connectivity index is 1.94. The van der Waals surface area contributed by atoms with Crippen molar-refractivity contribution >= 4 is 27.5 Å². The van der Waals surface area contributed by atoms with Gasteiger partial charge in [0.2, 0.25) is 0 Å². The van der Waals surface area contributed by atoms with Gasteiger partial charge >= 0.3 is 0 Å². The third-order valence-corrected chi connectivity index (χ3v) is 4.44. The molecule has 2 aromatic heterocycles. The van der Waals surface area contributed by atoms with Crippen LogP contribution in [0.25, 0.3) is 10.2 Å². The first-order valence-electron chi connectivity index (χ1n) is 6.76. The number of benzene rings is 1. The van der Waals surface area contributed by atoms with Crippen LogP contribution in [0.2, 0.25) is 0 Å². The number of aromatic nitrogens is 2. The van der Waals surface area contributed by atoms with Gasteiger partial charge in [0.15, 0.2) is 11.6 Å². The molecule has 0 radical (unpaired) electrons. The Bertz CT molecular complexity index is 965. The minimum Gasteiger partial charge on any atom is -0.267 e. The molecule has 23 heavy (non-hydrogen) atoms. The van der Waals surface area contributed by atoms with Crippen molar-refractivity contribution in [1.29, 1.82) is 0 Å². The number of halogens is 2. The zero-order valence-corrected chi connectivity index (χ0v) is 12.8. The molecule has 118 valence electrons. The molecule has 5 nitrogen and oxygen atoms in total. The standard InChI is InChI=1S/C15H11F2N3O2S/c1-2-9-6-10-14(23-9)18-7-20(15(10)22)19-13(21)8-3-4-11(16)12(17)5-8/h3-7H,2H2,1H3,(H,19,21). The minimum atomic E-state index is -1.14. The molecule has 0 aliphatic rings. The summed E-state index contributed by atoms with van der Waals surface area (Å²) in [5.41, 5.74) is 1.78. The molecule has 3 rings (SSSR count). The lowest BCUT2D eigenvalue weighted by Gasteiger charge is -2.07. The maximum atomic E-state index is 13.2. The summed E-state index contributed by atoms with van der Waals surface area (Å²) in [4.78, 5) is 30.1. The van der Waals surface area contributed by atoms with Gasteiger partial charge in [0.05, 0.1) is 5.39 Å². The maximum Gasteiger partial charge on any atom is 0.280 e. The van der Waals surface area contributed by atoms with Crippen LogP contribution < -0.4 is 11.0 Å². The van der Waals surface area contributed by atoms with Crippen LogP contribution in [-0.2, 0) is 6.42 Å². The zero-order valence-electron chi connectivity index (χ0n) is 12.0. The summed E-state index contributed by atoms with van der Waals surface area (Å²) < 4.78 is 27.0. The first kappa shape index (κ1) is 15.3. The number of nitrogens with one attached hydrogen (secondary N) is 1. The number of rotatable bonds is 3. The van der Waals surface area contributed by atoms with Gasteiger partial charge in [0, 0.05) is 10.4 Å². The average molecular weight is 335 g/mol. The van der Waals surface area contributed by atoms with Crippen molar-refractivity contribution in [3.8, 4) is 0 Å². The van der Waals surface area contributed by atoms with Crippen molar-refractivity contribution in [3.05, 3.63) is 63.0 Å². The summed E-state index contributed by atoms with van der Waals surface area (Å²) in [7, 11) is 0. The van der Waals surface area contributed by atoms with Gasteiger partial charge in [0.25, 0.3) is 11.5 Å². The normalized spacial score (nSPS) is 10.9. The smallest absolute Gasteiger partial charge is 0.267 e. The molecule has 8 heteroatoms. The molecule has 2 heterocycles. The summed E-state index contributed by atoms with van der Waals surface area (Å²) >= 11 is 1.41. The van der Waals surface area contributed by atoms with E-state index < -0.39 is 23.1 Å². The molecule has 1 amide bonds. The highest BCUT2D eigenvalue weighted by atomic mass is 32.1. The summed E-state index contributed by atoms with van der Waals surface area (Å²) in [6.45, 7) is 1.97. The predicted molar refractivity (Wildman–Crippen MR) is 83.3 cm³/mol. The van der Waals surface area contributed by atoms with E-state index in [4.69, 9.17) is 0 Å². The summed E-state index contributed by atoms with van der Waals surface area (Å²) in [5, 5.41) is 0.403. The molecule has 3 aromatic rings. The number of carbonyl (C=O) groups is 1. The molecule has 0 saturated carbocycles. The van der Waals surface area contributed by atoms with Crippen molar-refractivity contribution in [2.75, 3.05) is 5.43 Å². The highest BCUT2D eigenvalue weighted by molar-refractivity contribution is 7.18. The van der Waals surface area contributed by atoms with Crippen molar-refractivity contribution in [3.63, 3.8) is 0 Å². The van der Waals surface area contributed by atoms with E-state index in [1.165, 1.54) is 17.7 Å². The Kier molecular flexibility index (Phi) is 3.91. The number of nitrogens with zero attached hydrogens (tertiary/aromatic N) is 2. The Hall–Kier alpha value is -2.61. The zero-order chi connectivity index (χ0) is 16.6. The number of hydrogen-bond acceptors (Lipinski definition) is 4. The third kappa shape index (κ3) is 2.85. The van der Waals surface area contributed by atoms with Crippen LogP contribution in [0.1, 0.15) is 22.2 Å². The largest absolute Gasteiger partial charge is 0.280 e. The molecule has 0 saturated heterocycles. The van der Waals surface area contributed by atoms with Gasteiger partial charge in [-0.05, 0) is 30.7 Å². The highest BCUT2D eigenvalue weighted by Gasteiger charge is 2.13. The van der Waals surface area contributed by atoms with E-state index in [1.807, 2.05) is 6.92 Å². The SMILES string of the molecule is CCc1cc2c(=O)n(NC(=O)c3ccc(F)c(F)c3)cnc2s1. The van der Waals surface area contributed by atoms with Crippen molar-refractivity contribution < 1.29 is 13.6 Å². The van der Waals surface area contributed by atoms with Crippen LogP contribution >= 0.6 is 11.3 Å². The van der Waals surface area contributed by atoms with Crippen LogP contribution in [0.3, 0.4) is 0 Å². The first-order valence-corrected chi connectivity index (χ1v) is 7.57. The van der Waals surface area contributed by atoms with Crippen LogP contribution in [0.15, 0.2) is 35.4 Å². The molecule has 0 atom stereocenters. The molecule has 0 aliphatic heterocycles. The Morgan fingerprint density at radius 3 is 2.78 bits per heavy atom. The molecule has 0 bridgehead atoms. The molecular weight excluding hydrogens is 324 g/mol. The second-order valence-electron chi connectivity index (χ2n) is 4.77. The van der Waals surface area contributed by atoms with Crippen LogP contribution in [0.5, 0.6) is 0 Å². The number of carbonyl (C=O) groups excluding carboxylic acids is 1. The number of aryl methyl sites for hydroxylation is 1. The van der Waals surface area contributed by atoms with E-state index in [0.29, 0.717) is 10.2 Å². The van der Waals surface area contributed by atoms with E-state index in [2.05, 4.69) is 10.4 Å². The average Bonchev–Trinajstić information content (AvgIpc) is 2.97. The lowest BCUT2D eigenvalue weighted by molar-refractivity contribution is 0.101. The molecule has 1 N–H and O–H groups in total. The fourth-order valence-electron chi connectivity index (χ4n) is 2.04. The first-order chi connectivity index (χ1) is 11.0. The lowest BCUT2D eigenvalue weighted by Crippen LogP contribution is -2.33. The van der Waals surface area contributed by atoms with Gasteiger partial charge in [-0.2, -0.15) is 0 Å². The van der Waals surface area contributed by atoms with Crippen LogP contribution in [-0.4, -0.2) is 15.6 Å². The maximum absolute atomic E-state index is 13.2. The summed E-state index contributed by atoms with van der Waals surface area (Å²) in [5.74, 6) is -2.92. The molecule has 0 spiro atoms. The van der Waals surface area contributed by atoms with Gasteiger partial charge < -0.3 is 0 Å². The molecule has 0 aliphatic carbocycles. The molecular formula is C15H11F2N3O2S. The van der Waals surface area contributed by atoms with Crippen LogP contribution in [0.4, 0.5) is 8.78 Å². The van der Waals surface area contributed by atoms with E-state index >= 15 is 0 Å². The fourth-order valence-corrected chi connectivity index (χ4v) is 2.96. The second kappa shape index (κ2) is 5.88. The quantitative estimate of drug-likeness (QED) is 0.800. The molecule has 1 aromatic carbocycles. The molecule has 0 fully saturated rings. The highest BCUT2D eigenvalue weighted by Crippen LogP contribution is 2.20. The van der Waals surface area contributed by atoms with E-state index in [-0.39, 0.29) is 5.56 Å².